The molecule has 1 aromatic carbocycles. The van der Waals surface area contributed by atoms with Crippen LogP contribution in [-0.4, -0.2) is 60.0 Å². The van der Waals surface area contributed by atoms with Crippen LogP contribution in [0, 0.1) is 0 Å². The molecule has 3 heterocycles. The number of pyridine rings is 1. The van der Waals surface area contributed by atoms with E-state index < -0.39 is 0 Å². The molecule has 0 amide bonds. The van der Waals surface area contributed by atoms with Crippen LogP contribution in [-0.2, 0) is 13.1 Å². The number of anilines is 1. The van der Waals surface area contributed by atoms with E-state index in [0.29, 0.717) is 0 Å². The SMILES string of the molecule is CN(C)Cc1ccc(N2CCN(Cc3c[nH]c4ncccc34)CC2)cc1. The Balaban J connectivity index is 1.35. The van der Waals surface area contributed by atoms with Crippen LogP contribution in [0.15, 0.2) is 48.8 Å². The quantitative estimate of drug-likeness (QED) is 0.769. The summed E-state index contributed by atoms with van der Waals surface area (Å²) in [5.74, 6) is 0. The predicted molar refractivity (Wildman–Crippen MR) is 107 cm³/mol. The molecule has 0 unspecified atom stereocenters. The highest BCUT2D eigenvalue weighted by molar-refractivity contribution is 5.79. The zero-order chi connectivity index (χ0) is 17.9. The number of H-pyrrole nitrogens is 1. The first-order valence-corrected chi connectivity index (χ1v) is 9.31. The van der Waals surface area contributed by atoms with Crippen LogP contribution >= 0.6 is 0 Å². The van der Waals surface area contributed by atoms with Gasteiger partial charge in [-0.25, -0.2) is 4.98 Å². The number of nitrogens with zero attached hydrogens (tertiary/aromatic N) is 4. The van der Waals surface area contributed by atoms with Crippen molar-refractivity contribution in [3.8, 4) is 0 Å². The third-order valence-electron chi connectivity index (χ3n) is 5.10. The van der Waals surface area contributed by atoms with Crippen molar-refractivity contribution in [1.82, 2.24) is 19.8 Å². The molecule has 0 bridgehead atoms. The molecule has 136 valence electrons. The topological polar surface area (TPSA) is 38.4 Å². The lowest BCUT2D eigenvalue weighted by Crippen LogP contribution is -2.45. The lowest BCUT2D eigenvalue weighted by atomic mass is 10.1. The standard InChI is InChI=1S/C21H27N5/c1-24(2)15-17-5-7-19(8-6-17)26-12-10-25(11-13-26)16-18-14-23-21-20(18)4-3-9-22-21/h3-9,14H,10-13,15-16H2,1-2H3,(H,22,23). The van der Waals surface area contributed by atoms with Gasteiger partial charge in [-0.2, -0.15) is 0 Å². The summed E-state index contributed by atoms with van der Waals surface area (Å²) in [7, 11) is 4.22. The zero-order valence-corrected chi connectivity index (χ0v) is 15.7. The van der Waals surface area contributed by atoms with Crippen molar-refractivity contribution in [1.29, 1.82) is 0 Å². The smallest absolute Gasteiger partial charge is 0.137 e. The highest BCUT2D eigenvalue weighted by Gasteiger charge is 2.18. The fraction of sp³-hybridized carbons (Fsp3) is 0.381. The molecule has 0 saturated carbocycles. The Morgan fingerprint density at radius 1 is 1.04 bits per heavy atom. The second kappa shape index (κ2) is 7.48. The van der Waals surface area contributed by atoms with Crippen LogP contribution in [0.3, 0.4) is 0 Å². The second-order valence-corrected chi connectivity index (χ2v) is 7.38. The van der Waals surface area contributed by atoms with Gasteiger partial charge in [0.15, 0.2) is 0 Å². The lowest BCUT2D eigenvalue weighted by molar-refractivity contribution is 0.250. The van der Waals surface area contributed by atoms with Crippen LogP contribution in [0.2, 0.25) is 0 Å². The van der Waals surface area contributed by atoms with Crippen molar-refractivity contribution < 1.29 is 0 Å². The Bertz CT molecular complexity index is 844. The first-order chi connectivity index (χ1) is 12.7. The molecular formula is C21H27N5. The third-order valence-corrected chi connectivity index (χ3v) is 5.10. The minimum Gasteiger partial charge on any atom is -0.369 e. The van der Waals surface area contributed by atoms with E-state index in [1.807, 2.05) is 12.3 Å². The summed E-state index contributed by atoms with van der Waals surface area (Å²) in [5, 5.41) is 1.24. The molecule has 0 radical (unpaired) electrons. The number of fused-ring (bicyclic) bond motifs is 1. The van der Waals surface area contributed by atoms with Gasteiger partial charge in [0, 0.05) is 62.7 Å². The van der Waals surface area contributed by atoms with E-state index in [9.17, 15) is 0 Å². The van der Waals surface area contributed by atoms with Gasteiger partial charge in [0.05, 0.1) is 0 Å². The summed E-state index contributed by atoms with van der Waals surface area (Å²) < 4.78 is 0. The maximum atomic E-state index is 4.39. The van der Waals surface area contributed by atoms with Gasteiger partial charge in [-0.1, -0.05) is 12.1 Å². The van der Waals surface area contributed by atoms with Crippen molar-refractivity contribution in [3.63, 3.8) is 0 Å². The molecule has 1 saturated heterocycles. The Morgan fingerprint density at radius 3 is 2.54 bits per heavy atom. The fourth-order valence-electron chi connectivity index (χ4n) is 3.73. The summed E-state index contributed by atoms with van der Waals surface area (Å²) in [4.78, 5) is 14.9. The van der Waals surface area contributed by atoms with E-state index in [4.69, 9.17) is 0 Å². The summed E-state index contributed by atoms with van der Waals surface area (Å²) in [6.07, 6.45) is 3.94. The van der Waals surface area contributed by atoms with Gasteiger partial charge in [0.2, 0.25) is 0 Å². The first kappa shape index (κ1) is 17.1. The summed E-state index contributed by atoms with van der Waals surface area (Å²) in [5.41, 5.74) is 5.03. The molecule has 0 aliphatic carbocycles. The maximum absolute atomic E-state index is 4.39. The molecule has 5 heteroatoms. The molecule has 1 aliphatic heterocycles. The maximum Gasteiger partial charge on any atom is 0.137 e. The summed E-state index contributed by atoms with van der Waals surface area (Å²) in [6.45, 7) is 6.31. The number of aromatic nitrogens is 2. The first-order valence-electron chi connectivity index (χ1n) is 9.31. The average Bonchev–Trinajstić information content (AvgIpc) is 3.06. The minimum absolute atomic E-state index is 0.985. The predicted octanol–water partition coefficient (Wildman–Crippen LogP) is 2.95. The van der Waals surface area contributed by atoms with Crippen LogP contribution in [0.1, 0.15) is 11.1 Å². The molecule has 5 nitrogen and oxygen atoms in total. The summed E-state index contributed by atoms with van der Waals surface area (Å²) in [6, 6.07) is 13.2. The molecule has 1 fully saturated rings. The van der Waals surface area contributed by atoms with Gasteiger partial charge in [-0.3, -0.25) is 4.90 Å². The Hall–Kier alpha value is -2.37. The van der Waals surface area contributed by atoms with Crippen LogP contribution in [0.25, 0.3) is 11.0 Å². The largest absolute Gasteiger partial charge is 0.369 e. The van der Waals surface area contributed by atoms with Crippen molar-refractivity contribution in [3.05, 3.63) is 59.9 Å². The van der Waals surface area contributed by atoms with E-state index in [1.165, 1.54) is 22.2 Å². The number of hydrogen-bond acceptors (Lipinski definition) is 4. The van der Waals surface area contributed by atoms with Gasteiger partial charge in [-0.15, -0.1) is 0 Å². The van der Waals surface area contributed by atoms with Crippen molar-refractivity contribution in [2.75, 3.05) is 45.2 Å². The molecule has 4 rings (SSSR count). The van der Waals surface area contributed by atoms with Crippen molar-refractivity contribution in [2.24, 2.45) is 0 Å². The molecule has 3 aromatic rings. The Morgan fingerprint density at radius 2 is 1.81 bits per heavy atom. The minimum atomic E-state index is 0.985. The molecule has 0 atom stereocenters. The molecule has 0 spiro atoms. The molecule has 1 N–H and O–H groups in total. The van der Waals surface area contributed by atoms with Crippen molar-refractivity contribution in [2.45, 2.75) is 13.1 Å². The van der Waals surface area contributed by atoms with Crippen LogP contribution in [0.4, 0.5) is 5.69 Å². The summed E-state index contributed by atoms with van der Waals surface area (Å²) >= 11 is 0. The Labute approximate surface area is 155 Å². The average molecular weight is 349 g/mol. The fourth-order valence-corrected chi connectivity index (χ4v) is 3.73. The molecule has 1 aliphatic rings. The normalized spacial score (nSPS) is 15.9. The number of nitrogens with one attached hydrogen (secondary N) is 1. The second-order valence-electron chi connectivity index (χ2n) is 7.38. The van der Waals surface area contributed by atoms with Gasteiger partial charge < -0.3 is 14.8 Å². The van der Waals surface area contributed by atoms with Crippen LogP contribution < -0.4 is 4.90 Å². The number of hydrogen-bond donors (Lipinski definition) is 1. The van der Waals surface area contributed by atoms with Crippen molar-refractivity contribution >= 4 is 16.7 Å². The van der Waals surface area contributed by atoms with Crippen LogP contribution in [0.5, 0.6) is 0 Å². The molecule has 26 heavy (non-hydrogen) atoms. The number of rotatable bonds is 5. The highest BCUT2D eigenvalue weighted by atomic mass is 15.3. The van der Waals surface area contributed by atoms with Gasteiger partial charge in [0.1, 0.15) is 5.65 Å². The van der Waals surface area contributed by atoms with E-state index in [0.717, 1.165) is 44.9 Å². The van der Waals surface area contributed by atoms with E-state index in [2.05, 4.69) is 75.3 Å². The van der Waals surface area contributed by atoms with Gasteiger partial charge in [-0.05, 0) is 49.5 Å². The zero-order valence-electron chi connectivity index (χ0n) is 15.7. The van der Waals surface area contributed by atoms with Gasteiger partial charge >= 0.3 is 0 Å². The molecule has 2 aromatic heterocycles. The Kier molecular flexibility index (Phi) is 4.91. The third kappa shape index (κ3) is 3.74. The lowest BCUT2D eigenvalue weighted by Gasteiger charge is -2.36. The highest BCUT2D eigenvalue weighted by Crippen LogP contribution is 2.21. The van der Waals surface area contributed by atoms with E-state index in [1.54, 1.807) is 0 Å². The monoisotopic (exact) mass is 349 g/mol. The molecular weight excluding hydrogens is 322 g/mol. The number of benzene rings is 1. The van der Waals surface area contributed by atoms with E-state index >= 15 is 0 Å². The number of aromatic amines is 1. The van der Waals surface area contributed by atoms with E-state index in [-0.39, 0.29) is 0 Å². The van der Waals surface area contributed by atoms with Gasteiger partial charge in [0.25, 0.3) is 0 Å². The number of piperazine rings is 1.